The van der Waals surface area contributed by atoms with Crippen molar-refractivity contribution in [2.45, 2.75) is 13.0 Å². The van der Waals surface area contributed by atoms with Crippen molar-refractivity contribution in [2.75, 3.05) is 20.6 Å². The summed E-state index contributed by atoms with van der Waals surface area (Å²) in [5, 5.41) is 3.26. The van der Waals surface area contributed by atoms with Gasteiger partial charge in [-0.3, -0.25) is 4.79 Å². The molecular weight excluding hydrogens is 240 g/mol. The number of para-hydroxylation sites is 2. The first-order valence-corrected chi connectivity index (χ1v) is 6.41. The quantitative estimate of drug-likeness (QED) is 0.820. The highest BCUT2D eigenvalue weighted by Crippen LogP contribution is 2.13. The van der Waals surface area contributed by atoms with Crippen LogP contribution in [0.25, 0.3) is 11.0 Å². The minimum Gasteiger partial charge on any atom is -0.349 e. The average molecular weight is 260 g/mol. The molecule has 5 nitrogen and oxygen atoms in total. The van der Waals surface area contributed by atoms with Crippen LogP contribution in [-0.4, -0.2) is 41.0 Å². The van der Waals surface area contributed by atoms with Gasteiger partial charge in [-0.15, -0.1) is 0 Å². The molecule has 1 N–H and O–H groups in total. The molecule has 0 aliphatic heterocycles. The molecule has 0 aliphatic rings. The third kappa shape index (κ3) is 3.12. The number of aromatic nitrogens is 2. The second-order valence-corrected chi connectivity index (χ2v) is 4.79. The molecule has 2 rings (SSSR count). The molecular formula is C14H20N4O. The Morgan fingerprint density at radius 3 is 2.79 bits per heavy atom. The van der Waals surface area contributed by atoms with Crippen molar-refractivity contribution >= 4 is 16.9 Å². The number of amides is 1. The van der Waals surface area contributed by atoms with Gasteiger partial charge in [0.1, 0.15) is 5.82 Å². The maximum atomic E-state index is 11.4. The van der Waals surface area contributed by atoms with Crippen molar-refractivity contribution in [3.8, 4) is 0 Å². The van der Waals surface area contributed by atoms with Crippen LogP contribution in [0.5, 0.6) is 0 Å². The first-order chi connectivity index (χ1) is 9.09. The molecule has 0 spiro atoms. The van der Waals surface area contributed by atoms with E-state index in [-0.39, 0.29) is 5.91 Å². The Labute approximate surface area is 113 Å². The van der Waals surface area contributed by atoms with E-state index in [2.05, 4.69) is 20.9 Å². The van der Waals surface area contributed by atoms with Gasteiger partial charge in [0, 0.05) is 34.1 Å². The number of carbonyl (C=O) groups is 1. The summed E-state index contributed by atoms with van der Waals surface area (Å²) in [4.78, 5) is 17.6. The standard InChI is InChI=1S/C14H20N4O/c1-17(2)14(19)8-9-15-10-13-16-11-6-4-5-7-12(11)18(13)3/h4-7,15H,8-10H2,1-3H3. The van der Waals surface area contributed by atoms with Crippen LogP contribution in [0.15, 0.2) is 24.3 Å². The fourth-order valence-corrected chi connectivity index (χ4v) is 1.97. The number of imidazole rings is 1. The fraction of sp³-hybridized carbons (Fsp3) is 0.429. The van der Waals surface area contributed by atoms with Crippen molar-refractivity contribution in [3.63, 3.8) is 0 Å². The molecule has 1 aromatic carbocycles. The lowest BCUT2D eigenvalue weighted by Crippen LogP contribution is -2.27. The van der Waals surface area contributed by atoms with Crippen molar-refractivity contribution in [1.82, 2.24) is 19.8 Å². The monoisotopic (exact) mass is 260 g/mol. The molecule has 1 heterocycles. The number of hydrogen-bond acceptors (Lipinski definition) is 3. The Hall–Kier alpha value is -1.88. The Balaban J connectivity index is 1.92. The summed E-state index contributed by atoms with van der Waals surface area (Å²) in [6.07, 6.45) is 0.511. The summed E-state index contributed by atoms with van der Waals surface area (Å²) in [6.45, 7) is 1.34. The van der Waals surface area contributed by atoms with Gasteiger partial charge in [-0.1, -0.05) is 12.1 Å². The number of nitrogens with zero attached hydrogens (tertiary/aromatic N) is 3. The van der Waals surface area contributed by atoms with Crippen molar-refractivity contribution < 1.29 is 4.79 Å². The van der Waals surface area contributed by atoms with E-state index in [1.807, 2.05) is 25.2 Å². The van der Waals surface area contributed by atoms with Gasteiger partial charge in [-0.2, -0.15) is 0 Å². The highest BCUT2D eigenvalue weighted by molar-refractivity contribution is 5.76. The van der Waals surface area contributed by atoms with E-state index in [1.54, 1.807) is 19.0 Å². The molecule has 19 heavy (non-hydrogen) atoms. The molecule has 0 bridgehead atoms. The van der Waals surface area contributed by atoms with E-state index < -0.39 is 0 Å². The molecule has 0 radical (unpaired) electrons. The van der Waals surface area contributed by atoms with E-state index in [4.69, 9.17) is 0 Å². The van der Waals surface area contributed by atoms with Gasteiger partial charge < -0.3 is 14.8 Å². The molecule has 0 saturated heterocycles. The summed E-state index contributed by atoms with van der Waals surface area (Å²) < 4.78 is 2.08. The van der Waals surface area contributed by atoms with Gasteiger partial charge in [0.25, 0.3) is 0 Å². The van der Waals surface area contributed by atoms with E-state index >= 15 is 0 Å². The Morgan fingerprint density at radius 1 is 1.37 bits per heavy atom. The Bertz CT molecular complexity index is 574. The van der Waals surface area contributed by atoms with Crippen LogP contribution < -0.4 is 5.32 Å². The molecule has 0 saturated carbocycles. The molecule has 0 unspecified atom stereocenters. The third-order valence-electron chi connectivity index (χ3n) is 3.18. The lowest BCUT2D eigenvalue weighted by molar-refractivity contribution is -0.128. The smallest absolute Gasteiger partial charge is 0.223 e. The number of benzene rings is 1. The summed E-state index contributed by atoms with van der Waals surface area (Å²) in [5.74, 6) is 1.12. The van der Waals surface area contributed by atoms with Crippen LogP contribution in [0.4, 0.5) is 0 Å². The molecule has 1 amide bonds. The minimum absolute atomic E-state index is 0.137. The number of nitrogens with one attached hydrogen (secondary N) is 1. The van der Waals surface area contributed by atoms with E-state index in [1.165, 1.54) is 0 Å². The maximum Gasteiger partial charge on any atom is 0.223 e. The van der Waals surface area contributed by atoms with Gasteiger partial charge in [-0.05, 0) is 12.1 Å². The summed E-state index contributed by atoms with van der Waals surface area (Å²) in [7, 11) is 5.55. The van der Waals surface area contributed by atoms with Crippen molar-refractivity contribution in [2.24, 2.45) is 7.05 Å². The summed E-state index contributed by atoms with van der Waals surface area (Å²) >= 11 is 0. The molecule has 0 atom stereocenters. The second-order valence-electron chi connectivity index (χ2n) is 4.79. The van der Waals surface area contributed by atoms with Gasteiger partial charge >= 0.3 is 0 Å². The molecule has 1 aromatic heterocycles. The lowest BCUT2D eigenvalue weighted by Gasteiger charge is -2.10. The topological polar surface area (TPSA) is 50.2 Å². The Morgan fingerprint density at radius 2 is 2.11 bits per heavy atom. The zero-order chi connectivity index (χ0) is 13.8. The third-order valence-corrected chi connectivity index (χ3v) is 3.18. The zero-order valence-electron chi connectivity index (χ0n) is 11.7. The molecule has 5 heteroatoms. The minimum atomic E-state index is 0.137. The van der Waals surface area contributed by atoms with Gasteiger partial charge in [0.05, 0.1) is 17.6 Å². The van der Waals surface area contributed by atoms with Crippen molar-refractivity contribution in [3.05, 3.63) is 30.1 Å². The SMILES string of the molecule is CN(C)C(=O)CCNCc1nc2ccccc2n1C. The molecule has 102 valence electrons. The largest absolute Gasteiger partial charge is 0.349 e. The fourth-order valence-electron chi connectivity index (χ4n) is 1.97. The highest BCUT2D eigenvalue weighted by Gasteiger charge is 2.07. The van der Waals surface area contributed by atoms with Crippen LogP contribution in [0.2, 0.25) is 0 Å². The van der Waals surface area contributed by atoms with Crippen LogP contribution in [0.3, 0.4) is 0 Å². The summed E-state index contributed by atoms with van der Waals surface area (Å²) in [6, 6.07) is 8.06. The maximum absolute atomic E-state index is 11.4. The molecule has 0 aliphatic carbocycles. The number of aryl methyl sites for hydroxylation is 1. The van der Waals surface area contributed by atoms with E-state index in [9.17, 15) is 4.79 Å². The van der Waals surface area contributed by atoms with Crippen molar-refractivity contribution in [1.29, 1.82) is 0 Å². The predicted molar refractivity (Wildman–Crippen MR) is 75.7 cm³/mol. The number of fused-ring (bicyclic) bond motifs is 1. The van der Waals surface area contributed by atoms with Gasteiger partial charge in [-0.25, -0.2) is 4.98 Å². The highest BCUT2D eigenvalue weighted by atomic mass is 16.2. The molecule has 0 fully saturated rings. The van der Waals surface area contributed by atoms with Gasteiger partial charge in [0.15, 0.2) is 0 Å². The normalized spacial score (nSPS) is 10.9. The van der Waals surface area contributed by atoms with Crippen LogP contribution >= 0.6 is 0 Å². The van der Waals surface area contributed by atoms with Gasteiger partial charge in [0.2, 0.25) is 5.91 Å². The zero-order valence-corrected chi connectivity index (χ0v) is 11.7. The average Bonchev–Trinajstić information content (AvgIpc) is 2.72. The first kappa shape index (κ1) is 13.5. The second kappa shape index (κ2) is 5.84. The Kier molecular flexibility index (Phi) is 4.16. The van der Waals surface area contributed by atoms with E-state index in [0.29, 0.717) is 19.5 Å². The van der Waals surface area contributed by atoms with Crippen LogP contribution in [0, 0.1) is 0 Å². The number of hydrogen-bond donors (Lipinski definition) is 1. The summed E-state index contributed by atoms with van der Waals surface area (Å²) in [5.41, 5.74) is 2.13. The number of rotatable bonds is 5. The molecule has 2 aromatic rings. The number of carbonyl (C=O) groups excluding carboxylic acids is 1. The lowest BCUT2D eigenvalue weighted by atomic mass is 10.3. The first-order valence-electron chi connectivity index (χ1n) is 6.41. The predicted octanol–water partition coefficient (Wildman–Crippen LogP) is 1.14. The van der Waals surface area contributed by atoms with Crippen LogP contribution in [0.1, 0.15) is 12.2 Å². The van der Waals surface area contributed by atoms with E-state index in [0.717, 1.165) is 16.9 Å². The van der Waals surface area contributed by atoms with Crippen LogP contribution in [-0.2, 0) is 18.4 Å².